The first-order valence-corrected chi connectivity index (χ1v) is 8.87. The van der Waals surface area contributed by atoms with Crippen LogP contribution in [0, 0.1) is 0 Å². The van der Waals surface area contributed by atoms with Gasteiger partial charge in [-0.05, 0) is 36.2 Å². The van der Waals surface area contributed by atoms with Crippen LogP contribution in [0.4, 0.5) is 17.3 Å². The summed E-state index contributed by atoms with van der Waals surface area (Å²) in [7, 11) is 2.03. The van der Waals surface area contributed by atoms with Crippen LogP contribution in [0.1, 0.15) is 5.56 Å². The number of aromatic nitrogens is 3. The number of pyridine rings is 1. The molecule has 0 fully saturated rings. The first-order chi connectivity index (χ1) is 13.3. The Balaban J connectivity index is 1.42. The SMILES string of the molecule is CN(CCc1ccncc1)c1cc(Nc2ccc3c(c2)OCCO3)ncn1. The van der Waals surface area contributed by atoms with E-state index >= 15 is 0 Å². The van der Waals surface area contributed by atoms with Crippen molar-refractivity contribution in [2.24, 2.45) is 0 Å². The summed E-state index contributed by atoms with van der Waals surface area (Å²) in [6.07, 6.45) is 6.12. The second kappa shape index (κ2) is 7.90. The highest BCUT2D eigenvalue weighted by atomic mass is 16.6. The fraction of sp³-hybridized carbons (Fsp3) is 0.250. The summed E-state index contributed by atoms with van der Waals surface area (Å²) in [4.78, 5) is 14.9. The predicted octanol–water partition coefficient (Wildman–Crippen LogP) is 3.07. The van der Waals surface area contributed by atoms with Gasteiger partial charge in [0.1, 0.15) is 31.2 Å². The van der Waals surface area contributed by atoms with Gasteiger partial charge in [-0.25, -0.2) is 9.97 Å². The second-order valence-corrected chi connectivity index (χ2v) is 6.27. The molecule has 27 heavy (non-hydrogen) atoms. The Morgan fingerprint density at radius 2 is 1.81 bits per heavy atom. The van der Waals surface area contributed by atoms with Crippen molar-refractivity contribution in [2.75, 3.05) is 37.0 Å². The average Bonchev–Trinajstić information content (AvgIpc) is 2.73. The monoisotopic (exact) mass is 363 g/mol. The van der Waals surface area contributed by atoms with Crippen molar-refractivity contribution in [3.05, 3.63) is 60.7 Å². The molecular weight excluding hydrogens is 342 g/mol. The summed E-state index contributed by atoms with van der Waals surface area (Å²) >= 11 is 0. The maximum Gasteiger partial charge on any atom is 0.163 e. The molecule has 138 valence electrons. The van der Waals surface area contributed by atoms with Gasteiger partial charge in [0.15, 0.2) is 11.5 Å². The first kappa shape index (κ1) is 17.1. The van der Waals surface area contributed by atoms with Gasteiger partial charge in [-0.1, -0.05) is 0 Å². The van der Waals surface area contributed by atoms with Gasteiger partial charge in [0, 0.05) is 43.8 Å². The maximum atomic E-state index is 5.63. The van der Waals surface area contributed by atoms with Crippen molar-refractivity contribution in [3.8, 4) is 11.5 Å². The molecule has 1 aliphatic rings. The fourth-order valence-corrected chi connectivity index (χ4v) is 2.85. The van der Waals surface area contributed by atoms with E-state index in [1.807, 2.05) is 55.8 Å². The topological polar surface area (TPSA) is 72.4 Å². The zero-order valence-corrected chi connectivity index (χ0v) is 15.1. The van der Waals surface area contributed by atoms with Crippen LogP contribution in [0.3, 0.4) is 0 Å². The molecular formula is C20H21N5O2. The highest BCUT2D eigenvalue weighted by molar-refractivity contribution is 5.63. The van der Waals surface area contributed by atoms with E-state index in [1.54, 1.807) is 6.33 Å². The molecule has 0 saturated heterocycles. The summed E-state index contributed by atoms with van der Waals surface area (Å²) in [6.45, 7) is 2.00. The highest BCUT2D eigenvalue weighted by Crippen LogP contribution is 2.33. The Morgan fingerprint density at radius 1 is 1.00 bits per heavy atom. The summed E-state index contributed by atoms with van der Waals surface area (Å²) in [5, 5.41) is 3.30. The predicted molar refractivity (Wildman–Crippen MR) is 104 cm³/mol. The molecule has 3 heterocycles. The molecule has 1 aromatic carbocycles. The van der Waals surface area contributed by atoms with Gasteiger partial charge in [0.2, 0.25) is 0 Å². The van der Waals surface area contributed by atoms with Crippen LogP contribution < -0.4 is 19.7 Å². The third-order valence-electron chi connectivity index (χ3n) is 4.34. The van der Waals surface area contributed by atoms with E-state index in [1.165, 1.54) is 5.56 Å². The van der Waals surface area contributed by atoms with Crippen molar-refractivity contribution in [2.45, 2.75) is 6.42 Å². The molecule has 0 spiro atoms. The summed E-state index contributed by atoms with van der Waals surface area (Å²) < 4.78 is 11.2. The van der Waals surface area contributed by atoms with Gasteiger partial charge in [-0.2, -0.15) is 0 Å². The van der Waals surface area contributed by atoms with Crippen LogP contribution >= 0.6 is 0 Å². The molecule has 4 rings (SSSR count). The zero-order valence-electron chi connectivity index (χ0n) is 15.1. The number of ether oxygens (including phenoxy) is 2. The number of nitrogens with one attached hydrogen (secondary N) is 1. The Labute approximate surface area is 158 Å². The van der Waals surface area contributed by atoms with Gasteiger partial charge in [-0.15, -0.1) is 0 Å². The molecule has 0 bridgehead atoms. The Bertz CT molecular complexity index is 904. The quantitative estimate of drug-likeness (QED) is 0.721. The molecule has 0 atom stereocenters. The van der Waals surface area contributed by atoms with Crippen LogP contribution in [0.15, 0.2) is 55.1 Å². The smallest absolute Gasteiger partial charge is 0.163 e. The highest BCUT2D eigenvalue weighted by Gasteiger charge is 2.12. The van der Waals surface area contributed by atoms with Crippen LogP contribution in [0.2, 0.25) is 0 Å². The summed E-state index contributed by atoms with van der Waals surface area (Å²) in [5.74, 6) is 3.10. The maximum absolute atomic E-state index is 5.63. The van der Waals surface area contributed by atoms with Crippen molar-refractivity contribution in [3.63, 3.8) is 0 Å². The molecule has 0 amide bonds. The van der Waals surface area contributed by atoms with Gasteiger partial charge < -0.3 is 19.7 Å². The van der Waals surface area contributed by atoms with Crippen molar-refractivity contribution in [1.29, 1.82) is 0 Å². The van der Waals surface area contributed by atoms with Crippen molar-refractivity contribution in [1.82, 2.24) is 15.0 Å². The van der Waals surface area contributed by atoms with E-state index in [2.05, 4.69) is 25.2 Å². The number of nitrogens with zero attached hydrogens (tertiary/aromatic N) is 4. The molecule has 0 saturated carbocycles. The molecule has 7 nitrogen and oxygen atoms in total. The molecule has 0 unspecified atom stereocenters. The van der Waals surface area contributed by atoms with Crippen molar-refractivity contribution < 1.29 is 9.47 Å². The molecule has 1 N–H and O–H groups in total. The molecule has 7 heteroatoms. The van der Waals surface area contributed by atoms with E-state index in [-0.39, 0.29) is 0 Å². The number of benzene rings is 1. The minimum atomic E-state index is 0.566. The largest absolute Gasteiger partial charge is 0.486 e. The second-order valence-electron chi connectivity index (χ2n) is 6.27. The Kier molecular flexibility index (Phi) is 5.00. The zero-order chi connectivity index (χ0) is 18.5. The summed E-state index contributed by atoms with van der Waals surface area (Å²) in [5.41, 5.74) is 2.14. The Hall–Kier alpha value is -3.35. The average molecular weight is 363 g/mol. The molecule has 3 aromatic rings. The van der Waals surface area contributed by atoms with Gasteiger partial charge >= 0.3 is 0 Å². The first-order valence-electron chi connectivity index (χ1n) is 8.87. The molecule has 0 aliphatic carbocycles. The van der Waals surface area contributed by atoms with E-state index in [9.17, 15) is 0 Å². The lowest BCUT2D eigenvalue weighted by molar-refractivity contribution is 0.171. The number of fused-ring (bicyclic) bond motifs is 1. The number of hydrogen-bond donors (Lipinski definition) is 1. The third-order valence-corrected chi connectivity index (χ3v) is 4.34. The molecule has 2 aromatic heterocycles. The van der Waals surface area contributed by atoms with Gasteiger partial charge in [-0.3, -0.25) is 4.98 Å². The lowest BCUT2D eigenvalue weighted by atomic mass is 10.2. The molecule has 1 aliphatic heterocycles. The third kappa shape index (κ3) is 4.25. The minimum Gasteiger partial charge on any atom is -0.486 e. The van der Waals surface area contributed by atoms with Crippen LogP contribution in [0.5, 0.6) is 11.5 Å². The number of rotatable bonds is 6. The number of likely N-dealkylation sites (N-methyl/N-ethyl adjacent to an activating group) is 1. The standard InChI is InChI=1S/C20H21N5O2/c1-25(9-6-15-4-7-21-8-5-15)20-13-19(22-14-23-20)24-16-2-3-17-18(12-16)27-11-10-26-17/h2-5,7-8,12-14H,6,9-11H2,1H3,(H,22,23,24). The van der Waals surface area contributed by atoms with Crippen LogP contribution in [-0.4, -0.2) is 41.8 Å². The normalized spacial score (nSPS) is 12.5. The van der Waals surface area contributed by atoms with E-state index in [0.717, 1.165) is 41.8 Å². The molecule has 0 radical (unpaired) electrons. The lowest BCUT2D eigenvalue weighted by Gasteiger charge is -2.20. The fourth-order valence-electron chi connectivity index (χ4n) is 2.85. The van der Waals surface area contributed by atoms with Crippen LogP contribution in [-0.2, 0) is 6.42 Å². The lowest BCUT2D eigenvalue weighted by Crippen LogP contribution is -2.21. The number of hydrogen-bond acceptors (Lipinski definition) is 7. The van der Waals surface area contributed by atoms with Gasteiger partial charge in [0.05, 0.1) is 0 Å². The Morgan fingerprint density at radius 3 is 2.67 bits per heavy atom. The minimum absolute atomic E-state index is 0.566. The van der Waals surface area contributed by atoms with E-state index in [4.69, 9.17) is 9.47 Å². The van der Waals surface area contributed by atoms with E-state index < -0.39 is 0 Å². The number of anilines is 3. The summed E-state index contributed by atoms with van der Waals surface area (Å²) in [6, 6.07) is 11.8. The van der Waals surface area contributed by atoms with Gasteiger partial charge in [0.25, 0.3) is 0 Å². The van der Waals surface area contributed by atoms with Crippen molar-refractivity contribution >= 4 is 17.3 Å². The van der Waals surface area contributed by atoms with E-state index in [0.29, 0.717) is 13.2 Å². The van der Waals surface area contributed by atoms with Crippen LogP contribution in [0.25, 0.3) is 0 Å².